The SMILES string of the molecule is Cc1cc(C)cc(-n2ccn3c(CCC(=O)NCCc4c[nH]c5ccccc45)nnc3c2=O)c1. The molecular formula is C26H26N6O2. The normalized spacial score (nSPS) is 11.4. The van der Waals surface area contributed by atoms with E-state index in [9.17, 15) is 9.59 Å². The van der Waals surface area contributed by atoms with Crippen LogP contribution in [0.2, 0.25) is 0 Å². The first-order valence-electron chi connectivity index (χ1n) is 11.4. The summed E-state index contributed by atoms with van der Waals surface area (Å²) < 4.78 is 3.24. The molecule has 0 radical (unpaired) electrons. The molecule has 5 rings (SSSR count). The lowest BCUT2D eigenvalue weighted by molar-refractivity contribution is -0.121. The Balaban J connectivity index is 1.23. The number of H-pyrrole nitrogens is 1. The number of benzene rings is 2. The molecule has 3 heterocycles. The van der Waals surface area contributed by atoms with Crippen LogP contribution in [-0.2, 0) is 17.6 Å². The number of rotatable bonds is 7. The Labute approximate surface area is 196 Å². The van der Waals surface area contributed by atoms with Crippen LogP contribution in [0.5, 0.6) is 0 Å². The number of hydrogen-bond acceptors (Lipinski definition) is 4. The number of aromatic nitrogens is 5. The summed E-state index contributed by atoms with van der Waals surface area (Å²) in [4.78, 5) is 28.7. The molecule has 0 aliphatic heterocycles. The summed E-state index contributed by atoms with van der Waals surface area (Å²) in [6, 6.07) is 14.1. The molecule has 8 heteroatoms. The maximum Gasteiger partial charge on any atom is 0.300 e. The van der Waals surface area contributed by atoms with Crippen molar-refractivity contribution in [3.63, 3.8) is 0 Å². The van der Waals surface area contributed by atoms with Gasteiger partial charge in [0.2, 0.25) is 11.6 Å². The molecule has 1 amide bonds. The molecule has 2 N–H and O–H groups in total. The molecular weight excluding hydrogens is 428 g/mol. The van der Waals surface area contributed by atoms with Gasteiger partial charge in [-0.25, -0.2) is 0 Å². The van der Waals surface area contributed by atoms with E-state index in [4.69, 9.17) is 0 Å². The summed E-state index contributed by atoms with van der Waals surface area (Å²) in [5, 5.41) is 12.4. The van der Waals surface area contributed by atoms with Crippen LogP contribution >= 0.6 is 0 Å². The van der Waals surface area contributed by atoms with Gasteiger partial charge in [0.05, 0.1) is 0 Å². The van der Waals surface area contributed by atoms with Gasteiger partial charge < -0.3 is 10.3 Å². The van der Waals surface area contributed by atoms with Gasteiger partial charge in [-0.05, 0) is 55.2 Å². The number of para-hydroxylation sites is 1. The van der Waals surface area contributed by atoms with Crippen molar-refractivity contribution in [2.24, 2.45) is 0 Å². The highest BCUT2D eigenvalue weighted by Crippen LogP contribution is 2.17. The topological polar surface area (TPSA) is 97.1 Å². The van der Waals surface area contributed by atoms with Crippen molar-refractivity contribution in [1.82, 2.24) is 29.5 Å². The highest BCUT2D eigenvalue weighted by Gasteiger charge is 2.13. The number of fused-ring (bicyclic) bond motifs is 2. The molecule has 0 bridgehead atoms. The smallest absolute Gasteiger partial charge is 0.300 e. The molecule has 0 atom stereocenters. The lowest BCUT2D eigenvalue weighted by Gasteiger charge is -2.09. The number of carbonyl (C=O) groups is 1. The summed E-state index contributed by atoms with van der Waals surface area (Å²) in [6.45, 7) is 4.56. The number of hydrogen-bond donors (Lipinski definition) is 2. The summed E-state index contributed by atoms with van der Waals surface area (Å²) in [7, 11) is 0. The van der Waals surface area contributed by atoms with Gasteiger partial charge in [0, 0.05) is 54.6 Å². The number of nitrogens with zero attached hydrogens (tertiary/aromatic N) is 4. The highest BCUT2D eigenvalue weighted by molar-refractivity contribution is 5.83. The third-order valence-electron chi connectivity index (χ3n) is 5.99. The van der Waals surface area contributed by atoms with Crippen LogP contribution in [0.3, 0.4) is 0 Å². The molecule has 0 fully saturated rings. The predicted molar refractivity (Wildman–Crippen MR) is 131 cm³/mol. The maximum absolute atomic E-state index is 13.0. The third-order valence-corrected chi connectivity index (χ3v) is 5.99. The van der Waals surface area contributed by atoms with Gasteiger partial charge in [0.25, 0.3) is 0 Å². The largest absolute Gasteiger partial charge is 0.361 e. The van der Waals surface area contributed by atoms with Crippen LogP contribution in [0.1, 0.15) is 28.9 Å². The fourth-order valence-electron chi connectivity index (χ4n) is 4.39. The number of nitrogens with one attached hydrogen (secondary N) is 2. The van der Waals surface area contributed by atoms with E-state index in [2.05, 4.69) is 32.6 Å². The molecule has 0 spiro atoms. The molecule has 0 unspecified atom stereocenters. The van der Waals surface area contributed by atoms with Gasteiger partial charge in [0.15, 0.2) is 0 Å². The minimum absolute atomic E-state index is 0.0554. The Hall–Kier alpha value is -4.20. The molecule has 0 aliphatic carbocycles. The summed E-state index contributed by atoms with van der Waals surface area (Å²) in [5.41, 5.74) is 5.24. The average molecular weight is 455 g/mol. The quantitative estimate of drug-likeness (QED) is 0.394. The van der Waals surface area contributed by atoms with Crippen LogP contribution in [0.25, 0.3) is 22.2 Å². The van der Waals surface area contributed by atoms with E-state index in [0.29, 0.717) is 18.8 Å². The molecule has 0 saturated carbocycles. The summed E-state index contributed by atoms with van der Waals surface area (Å²) >= 11 is 0. The van der Waals surface area contributed by atoms with Crippen molar-refractivity contribution in [2.75, 3.05) is 6.54 Å². The molecule has 5 aromatic rings. The Morgan fingerprint density at radius 3 is 2.65 bits per heavy atom. The molecule has 8 nitrogen and oxygen atoms in total. The standard InChI is InChI=1S/C26H26N6O2/c1-17-13-18(2)15-20(14-17)31-11-12-32-23(29-30-25(32)26(31)34)7-8-24(33)27-10-9-19-16-28-22-6-4-3-5-21(19)22/h3-6,11-16,28H,7-10H2,1-2H3,(H,27,33). The summed E-state index contributed by atoms with van der Waals surface area (Å²) in [5.74, 6) is 0.534. The van der Waals surface area contributed by atoms with Gasteiger partial charge in [-0.15, -0.1) is 10.2 Å². The first kappa shape index (κ1) is 21.6. The van der Waals surface area contributed by atoms with Crippen molar-refractivity contribution in [3.8, 4) is 5.69 Å². The lowest BCUT2D eigenvalue weighted by atomic mass is 10.1. The van der Waals surface area contributed by atoms with Crippen LogP contribution in [0.15, 0.2) is 65.8 Å². The number of aryl methyl sites for hydroxylation is 3. The molecule has 0 saturated heterocycles. The molecule has 172 valence electrons. The summed E-state index contributed by atoms with van der Waals surface area (Å²) in [6.07, 6.45) is 6.91. The van der Waals surface area contributed by atoms with Crippen molar-refractivity contribution < 1.29 is 4.79 Å². The number of amides is 1. The van der Waals surface area contributed by atoms with Crippen LogP contribution in [0.4, 0.5) is 0 Å². The van der Waals surface area contributed by atoms with E-state index in [1.807, 2.05) is 50.4 Å². The number of aromatic amines is 1. The van der Waals surface area contributed by atoms with Crippen LogP contribution < -0.4 is 10.9 Å². The highest BCUT2D eigenvalue weighted by atomic mass is 16.1. The Morgan fingerprint density at radius 1 is 1.03 bits per heavy atom. The molecule has 2 aromatic carbocycles. The van der Waals surface area contributed by atoms with E-state index in [1.165, 1.54) is 10.9 Å². The van der Waals surface area contributed by atoms with Gasteiger partial charge in [-0.2, -0.15) is 0 Å². The van der Waals surface area contributed by atoms with E-state index in [1.54, 1.807) is 21.4 Å². The van der Waals surface area contributed by atoms with Crippen LogP contribution in [0, 0.1) is 13.8 Å². The zero-order chi connectivity index (χ0) is 23.7. The minimum Gasteiger partial charge on any atom is -0.361 e. The van der Waals surface area contributed by atoms with Gasteiger partial charge >= 0.3 is 5.56 Å². The predicted octanol–water partition coefficient (Wildman–Crippen LogP) is 3.27. The van der Waals surface area contributed by atoms with Crippen molar-refractivity contribution >= 4 is 22.5 Å². The van der Waals surface area contributed by atoms with E-state index >= 15 is 0 Å². The second-order valence-corrected chi connectivity index (χ2v) is 8.59. The van der Waals surface area contributed by atoms with Gasteiger partial charge in [-0.1, -0.05) is 24.3 Å². The monoisotopic (exact) mass is 454 g/mol. The van der Waals surface area contributed by atoms with Crippen LogP contribution in [-0.4, -0.2) is 36.6 Å². The zero-order valence-electron chi connectivity index (χ0n) is 19.2. The Morgan fingerprint density at radius 2 is 1.82 bits per heavy atom. The first-order chi connectivity index (χ1) is 16.5. The number of carbonyl (C=O) groups excluding carboxylic acids is 1. The minimum atomic E-state index is -0.241. The fraction of sp³-hybridized carbons (Fsp3) is 0.231. The van der Waals surface area contributed by atoms with E-state index < -0.39 is 0 Å². The fourth-order valence-corrected chi connectivity index (χ4v) is 4.39. The lowest BCUT2D eigenvalue weighted by Crippen LogP contribution is -2.26. The zero-order valence-corrected chi connectivity index (χ0v) is 19.2. The average Bonchev–Trinajstić information content (AvgIpc) is 3.42. The second kappa shape index (κ2) is 8.97. The Kier molecular flexibility index (Phi) is 5.71. The molecule has 3 aromatic heterocycles. The van der Waals surface area contributed by atoms with Crippen molar-refractivity contribution in [2.45, 2.75) is 33.1 Å². The first-order valence-corrected chi connectivity index (χ1v) is 11.4. The molecule has 34 heavy (non-hydrogen) atoms. The molecule has 0 aliphatic rings. The maximum atomic E-state index is 13.0. The van der Waals surface area contributed by atoms with Gasteiger partial charge in [-0.3, -0.25) is 18.6 Å². The second-order valence-electron chi connectivity index (χ2n) is 8.59. The van der Waals surface area contributed by atoms with E-state index in [0.717, 1.165) is 28.8 Å². The Bertz CT molecular complexity index is 1540. The van der Waals surface area contributed by atoms with Gasteiger partial charge in [0.1, 0.15) is 5.82 Å². The van der Waals surface area contributed by atoms with Crippen molar-refractivity contribution in [1.29, 1.82) is 0 Å². The van der Waals surface area contributed by atoms with Crippen molar-refractivity contribution in [3.05, 3.63) is 93.9 Å². The van der Waals surface area contributed by atoms with E-state index in [-0.39, 0.29) is 23.5 Å². The third kappa shape index (κ3) is 4.22.